The van der Waals surface area contributed by atoms with Crippen molar-refractivity contribution in [3.63, 3.8) is 0 Å². The molecule has 0 spiro atoms. The summed E-state index contributed by atoms with van der Waals surface area (Å²) in [6.45, 7) is 2.96. The molecule has 0 aliphatic heterocycles. The van der Waals surface area contributed by atoms with Crippen LogP contribution in [0.25, 0.3) is 0 Å². The number of carbonyl (C=O) groups excluding carboxylic acids is 1. The van der Waals surface area contributed by atoms with Gasteiger partial charge in [0.05, 0.1) is 23.0 Å². The van der Waals surface area contributed by atoms with Crippen LogP contribution in [0.4, 0.5) is 5.69 Å². The normalized spacial score (nSPS) is 10.1. The van der Waals surface area contributed by atoms with Gasteiger partial charge < -0.3 is 4.90 Å². The molecule has 6 nitrogen and oxygen atoms in total. The van der Waals surface area contributed by atoms with Crippen LogP contribution < -0.4 is 0 Å². The maximum atomic E-state index is 12.7. The van der Waals surface area contributed by atoms with E-state index in [1.807, 2.05) is 19.1 Å². The SMILES string of the molecule is CCCN(Cc1ccc(C#N)cc1)C(=O)Cc1ccccc1[N+](=O)[O-]. The molecule has 0 N–H and O–H groups in total. The Morgan fingerprint density at radius 2 is 1.88 bits per heavy atom. The Morgan fingerprint density at radius 1 is 1.20 bits per heavy atom. The van der Waals surface area contributed by atoms with Gasteiger partial charge in [-0.1, -0.05) is 37.3 Å². The summed E-state index contributed by atoms with van der Waals surface area (Å²) in [7, 11) is 0. The molecule has 0 heterocycles. The Kier molecular flexibility index (Phi) is 6.24. The van der Waals surface area contributed by atoms with Crippen molar-refractivity contribution in [2.45, 2.75) is 26.3 Å². The average molecular weight is 337 g/mol. The van der Waals surface area contributed by atoms with Gasteiger partial charge in [-0.25, -0.2) is 0 Å². The summed E-state index contributed by atoms with van der Waals surface area (Å²) in [6.07, 6.45) is 0.784. The van der Waals surface area contributed by atoms with Crippen molar-refractivity contribution in [3.8, 4) is 6.07 Å². The number of hydrogen-bond donors (Lipinski definition) is 0. The van der Waals surface area contributed by atoms with E-state index in [0.29, 0.717) is 24.2 Å². The Balaban J connectivity index is 2.15. The maximum absolute atomic E-state index is 12.7. The molecule has 1 amide bonds. The van der Waals surface area contributed by atoms with Crippen LogP contribution in [0.3, 0.4) is 0 Å². The van der Waals surface area contributed by atoms with Gasteiger partial charge in [0.2, 0.25) is 5.91 Å². The molecule has 0 radical (unpaired) electrons. The van der Waals surface area contributed by atoms with Crippen LogP contribution in [0.2, 0.25) is 0 Å². The van der Waals surface area contributed by atoms with Gasteiger partial charge in [0.15, 0.2) is 0 Å². The number of rotatable bonds is 7. The fourth-order valence-corrected chi connectivity index (χ4v) is 2.58. The van der Waals surface area contributed by atoms with Crippen LogP contribution in [0, 0.1) is 21.4 Å². The molecule has 0 atom stereocenters. The van der Waals surface area contributed by atoms with Crippen molar-refractivity contribution >= 4 is 11.6 Å². The highest BCUT2D eigenvalue weighted by atomic mass is 16.6. The van der Waals surface area contributed by atoms with Crippen LogP contribution in [0.5, 0.6) is 0 Å². The number of carbonyl (C=O) groups is 1. The first-order valence-corrected chi connectivity index (χ1v) is 8.04. The fraction of sp³-hybridized carbons (Fsp3) is 0.263. The molecule has 0 aliphatic carbocycles. The highest BCUT2D eigenvalue weighted by Crippen LogP contribution is 2.19. The van der Waals surface area contributed by atoms with Gasteiger partial charge in [-0.3, -0.25) is 14.9 Å². The van der Waals surface area contributed by atoms with Crippen LogP contribution in [0.15, 0.2) is 48.5 Å². The predicted molar refractivity (Wildman–Crippen MR) is 93.7 cm³/mol. The number of nitriles is 1. The van der Waals surface area contributed by atoms with Crippen molar-refractivity contribution in [3.05, 3.63) is 75.3 Å². The molecule has 2 aromatic rings. The van der Waals surface area contributed by atoms with E-state index < -0.39 is 4.92 Å². The first-order chi connectivity index (χ1) is 12.0. The lowest BCUT2D eigenvalue weighted by Crippen LogP contribution is -2.32. The smallest absolute Gasteiger partial charge is 0.273 e. The number of hydrogen-bond acceptors (Lipinski definition) is 4. The van der Waals surface area contributed by atoms with Crippen LogP contribution in [0.1, 0.15) is 30.0 Å². The van der Waals surface area contributed by atoms with Crippen LogP contribution >= 0.6 is 0 Å². The molecular weight excluding hydrogens is 318 g/mol. The lowest BCUT2D eigenvalue weighted by Gasteiger charge is -2.22. The molecule has 0 aromatic heterocycles. The van der Waals surface area contributed by atoms with Gasteiger partial charge in [0.1, 0.15) is 0 Å². The number of amides is 1. The molecule has 0 unspecified atom stereocenters. The van der Waals surface area contributed by atoms with Gasteiger partial charge in [0.25, 0.3) is 5.69 Å². The lowest BCUT2D eigenvalue weighted by atomic mass is 10.1. The molecule has 2 aromatic carbocycles. The second-order valence-electron chi connectivity index (χ2n) is 5.69. The minimum atomic E-state index is -0.465. The molecular formula is C19H19N3O3. The second kappa shape index (κ2) is 8.60. The van der Waals surface area contributed by atoms with Gasteiger partial charge in [-0.05, 0) is 24.1 Å². The first-order valence-electron chi connectivity index (χ1n) is 8.04. The Labute approximate surface area is 146 Å². The predicted octanol–water partition coefficient (Wildman–Crippen LogP) is 3.45. The minimum absolute atomic E-state index is 0.00652. The fourth-order valence-electron chi connectivity index (χ4n) is 2.58. The zero-order valence-corrected chi connectivity index (χ0v) is 14.0. The summed E-state index contributed by atoms with van der Waals surface area (Å²) < 4.78 is 0. The number of nitro benzene ring substituents is 1. The molecule has 0 aliphatic rings. The zero-order chi connectivity index (χ0) is 18.2. The molecule has 0 saturated heterocycles. The van der Waals surface area contributed by atoms with Gasteiger partial charge in [0, 0.05) is 24.7 Å². The first kappa shape index (κ1) is 18.1. The van der Waals surface area contributed by atoms with E-state index in [2.05, 4.69) is 6.07 Å². The maximum Gasteiger partial charge on any atom is 0.273 e. The largest absolute Gasteiger partial charge is 0.338 e. The Bertz CT molecular complexity index is 794. The lowest BCUT2D eigenvalue weighted by molar-refractivity contribution is -0.385. The van der Waals surface area contributed by atoms with Crippen LogP contribution in [-0.2, 0) is 17.8 Å². The van der Waals surface area contributed by atoms with Gasteiger partial charge in [-0.15, -0.1) is 0 Å². The molecule has 2 rings (SSSR count). The van der Waals surface area contributed by atoms with Crippen molar-refractivity contribution in [2.75, 3.05) is 6.54 Å². The van der Waals surface area contributed by atoms with Crippen molar-refractivity contribution in [2.24, 2.45) is 0 Å². The Hall–Kier alpha value is -3.20. The Morgan fingerprint density at radius 3 is 2.48 bits per heavy atom. The third-order valence-corrected chi connectivity index (χ3v) is 3.83. The molecule has 0 fully saturated rings. The van der Waals surface area contributed by atoms with E-state index in [1.165, 1.54) is 6.07 Å². The standard InChI is InChI=1S/C19H19N3O3/c1-2-11-21(14-16-9-7-15(13-20)8-10-16)19(23)12-17-5-3-4-6-18(17)22(24)25/h3-10H,2,11-12,14H2,1H3. The molecule has 0 bridgehead atoms. The highest BCUT2D eigenvalue weighted by molar-refractivity contribution is 5.80. The third-order valence-electron chi connectivity index (χ3n) is 3.83. The molecule has 0 saturated carbocycles. The van der Waals surface area contributed by atoms with Crippen molar-refractivity contribution < 1.29 is 9.72 Å². The summed E-state index contributed by atoms with van der Waals surface area (Å²) in [5, 5.41) is 20.0. The summed E-state index contributed by atoms with van der Waals surface area (Å²) in [5.41, 5.74) is 1.87. The number of nitrogens with zero attached hydrogens (tertiary/aromatic N) is 3. The summed E-state index contributed by atoms with van der Waals surface area (Å²) in [4.78, 5) is 25.0. The van der Waals surface area contributed by atoms with Gasteiger partial charge >= 0.3 is 0 Å². The van der Waals surface area contributed by atoms with E-state index in [9.17, 15) is 14.9 Å². The topological polar surface area (TPSA) is 87.2 Å². The van der Waals surface area contributed by atoms with E-state index in [-0.39, 0.29) is 18.0 Å². The van der Waals surface area contributed by atoms with E-state index in [0.717, 1.165) is 12.0 Å². The minimum Gasteiger partial charge on any atom is -0.338 e. The van der Waals surface area contributed by atoms with Crippen molar-refractivity contribution in [1.29, 1.82) is 5.26 Å². The third kappa shape index (κ3) is 4.88. The highest BCUT2D eigenvalue weighted by Gasteiger charge is 2.19. The quantitative estimate of drug-likeness (QED) is 0.572. The summed E-state index contributed by atoms with van der Waals surface area (Å²) in [6, 6.07) is 15.4. The molecule has 128 valence electrons. The van der Waals surface area contributed by atoms with Crippen LogP contribution in [-0.4, -0.2) is 22.3 Å². The zero-order valence-electron chi connectivity index (χ0n) is 14.0. The molecule has 25 heavy (non-hydrogen) atoms. The van der Waals surface area contributed by atoms with Crippen molar-refractivity contribution in [1.82, 2.24) is 4.90 Å². The summed E-state index contributed by atoms with van der Waals surface area (Å²) >= 11 is 0. The summed E-state index contributed by atoms with van der Waals surface area (Å²) in [5.74, 6) is -0.152. The molecule has 6 heteroatoms. The second-order valence-corrected chi connectivity index (χ2v) is 5.69. The monoisotopic (exact) mass is 337 g/mol. The number of benzene rings is 2. The van der Waals surface area contributed by atoms with Gasteiger partial charge in [-0.2, -0.15) is 5.26 Å². The van der Waals surface area contributed by atoms with E-state index in [4.69, 9.17) is 5.26 Å². The average Bonchev–Trinajstić information content (AvgIpc) is 2.62. The number of para-hydroxylation sites is 1. The van der Waals surface area contributed by atoms with E-state index >= 15 is 0 Å². The number of nitro groups is 1. The van der Waals surface area contributed by atoms with E-state index in [1.54, 1.807) is 35.2 Å².